The molecule has 0 aromatic heterocycles. The maximum absolute atomic E-state index is 9.56. The van der Waals surface area contributed by atoms with Crippen LogP contribution in [0.1, 0.15) is 19.8 Å². The molecule has 3 nitrogen and oxygen atoms in total. The predicted octanol–water partition coefficient (Wildman–Crippen LogP) is 1.14. The molecule has 3 heteroatoms. The van der Waals surface area contributed by atoms with Gasteiger partial charge in [0, 0.05) is 11.5 Å². The summed E-state index contributed by atoms with van der Waals surface area (Å²) in [6, 6.07) is 0. The molecule has 0 aromatic rings. The van der Waals surface area contributed by atoms with Gasteiger partial charge < -0.3 is 15.3 Å². The van der Waals surface area contributed by atoms with Gasteiger partial charge in [-0.1, -0.05) is 18.6 Å². The Balaban J connectivity index is 2.90. The van der Waals surface area contributed by atoms with E-state index in [0.717, 1.165) is 6.42 Å². The van der Waals surface area contributed by atoms with Crippen molar-refractivity contribution in [3.05, 3.63) is 23.0 Å². The highest BCUT2D eigenvalue weighted by Crippen LogP contribution is 2.28. The molecule has 1 aliphatic carbocycles. The van der Waals surface area contributed by atoms with Gasteiger partial charge in [-0.05, 0) is 12.8 Å². The lowest BCUT2D eigenvalue weighted by atomic mass is 9.88. The van der Waals surface area contributed by atoms with Gasteiger partial charge in [0.1, 0.15) is 5.76 Å². The van der Waals surface area contributed by atoms with Crippen LogP contribution in [0.4, 0.5) is 0 Å². The topological polar surface area (TPSA) is 60.7 Å². The van der Waals surface area contributed by atoms with Gasteiger partial charge in [-0.15, -0.1) is 0 Å². The Morgan fingerprint density at radius 1 is 1.46 bits per heavy atom. The minimum Gasteiger partial charge on any atom is -0.512 e. The van der Waals surface area contributed by atoms with Crippen LogP contribution in [0.5, 0.6) is 0 Å². The SMILES string of the molecule is CCC1=CC(CO)=C(O)C(CO)C1. The van der Waals surface area contributed by atoms with Crippen molar-refractivity contribution in [3.63, 3.8) is 0 Å². The smallest absolute Gasteiger partial charge is 0.103 e. The molecule has 3 N–H and O–H groups in total. The van der Waals surface area contributed by atoms with Crippen molar-refractivity contribution in [2.75, 3.05) is 13.2 Å². The van der Waals surface area contributed by atoms with Crippen molar-refractivity contribution in [1.29, 1.82) is 0 Å². The second-order valence-corrected chi connectivity index (χ2v) is 3.31. The van der Waals surface area contributed by atoms with Crippen molar-refractivity contribution in [1.82, 2.24) is 0 Å². The summed E-state index contributed by atoms with van der Waals surface area (Å²) >= 11 is 0. The van der Waals surface area contributed by atoms with E-state index < -0.39 is 0 Å². The predicted molar refractivity (Wildman–Crippen MR) is 50.3 cm³/mol. The van der Waals surface area contributed by atoms with E-state index >= 15 is 0 Å². The first-order valence-corrected chi connectivity index (χ1v) is 4.56. The third kappa shape index (κ3) is 2.11. The Bertz CT molecular complexity index is 241. The zero-order valence-electron chi connectivity index (χ0n) is 7.82. The minimum absolute atomic E-state index is 0.0628. The molecule has 74 valence electrons. The molecular formula is C10H16O3. The maximum atomic E-state index is 9.56. The van der Waals surface area contributed by atoms with E-state index in [1.54, 1.807) is 0 Å². The van der Waals surface area contributed by atoms with E-state index in [0.29, 0.717) is 12.0 Å². The number of hydrogen-bond acceptors (Lipinski definition) is 3. The van der Waals surface area contributed by atoms with Crippen molar-refractivity contribution >= 4 is 0 Å². The second-order valence-electron chi connectivity index (χ2n) is 3.31. The van der Waals surface area contributed by atoms with Gasteiger partial charge in [-0.2, -0.15) is 0 Å². The van der Waals surface area contributed by atoms with Crippen molar-refractivity contribution in [2.24, 2.45) is 5.92 Å². The monoisotopic (exact) mass is 184 g/mol. The average Bonchev–Trinajstić information content (AvgIpc) is 2.18. The van der Waals surface area contributed by atoms with E-state index in [-0.39, 0.29) is 24.9 Å². The summed E-state index contributed by atoms with van der Waals surface area (Å²) in [6.45, 7) is 1.80. The number of rotatable bonds is 3. The fourth-order valence-corrected chi connectivity index (χ4v) is 1.58. The average molecular weight is 184 g/mol. The zero-order valence-corrected chi connectivity index (χ0v) is 7.82. The van der Waals surface area contributed by atoms with Crippen LogP contribution < -0.4 is 0 Å². The lowest BCUT2D eigenvalue weighted by Crippen LogP contribution is -2.17. The number of hydrogen-bond donors (Lipinski definition) is 3. The highest BCUT2D eigenvalue weighted by molar-refractivity contribution is 5.32. The Morgan fingerprint density at radius 3 is 2.62 bits per heavy atom. The highest BCUT2D eigenvalue weighted by Gasteiger charge is 2.21. The van der Waals surface area contributed by atoms with Crippen LogP contribution >= 0.6 is 0 Å². The highest BCUT2D eigenvalue weighted by atomic mass is 16.3. The summed E-state index contributed by atoms with van der Waals surface area (Å²) in [4.78, 5) is 0. The van der Waals surface area contributed by atoms with Crippen LogP contribution in [0.25, 0.3) is 0 Å². The summed E-state index contributed by atoms with van der Waals surface area (Å²) < 4.78 is 0. The first kappa shape index (κ1) is 10.3. The molecule has 0 radical (unpaired) electrons. The Hall–Kier alpha value is -0.800. The van der Waals surface area contributed by atoms with Crippen LogP contribution in [0.2, 0.25) is 0 Å². The largest absolute Gasteiger partial charge is 0.512 e. The van der Waals surface area contributed by atoms with Crippen molar-refractivity contribution < 1.29 is 15.3 Å². The second kappa shape index (κ2) is 4.44. The van der Waals surface area contributed by atoms with E-state index in [9.17, 15) is 5.11 Å². The van der Waals surface area contributed by atoms with Crippen LogP contribution in [0.3, 0.4) is 0 Å². The quantitative estimate of drug-likeness (QED) is 0.616. The molecule has 0 fully saturated rings. The molecule has 0 heterocycles. The molecule has 1 aliphatic rings. The third-order valence-electron chi connectivity index (χ3n) is 2.45. The third-order valence-corrected chi connectivity index (χ3v) is 2.45. The fraction of sp³-hybridized carbons (Fsp3) is 0.600. The van der Waals surface area contributed by atoms with E-state index in [1.807, 2.05) is 13.0 Å². The van der Waals surface area contributed by atoms with Gasteiger partial charge >= 0.3 is 0 Å². The van der Waals surface area contributed by atoms with E-state index in [4.69, 9.17) is 10.2 Å². The van der Waals surface area contributed by atoms with Crippen LogP contribution in [-0.4, -0.2) is 28.5 Å². The van der Waals surface area contributed by atoms with Gasteiger partial charge in [0.15, 0.2) is 0 Å². The van der Waals surface area contributed by atoms with Gasteiger partial charge in [0.2, 0.25) is 0 Å². The van der Waals surface area contributed by atoms with Gasteiger partial charge in [-0.3, -0.25) is 0 Å². The van der Waals surface area contributed by atoms with Gasteiger partial charge in [0.25, 0.3) is 0 Å². The Labute approximate surface area is 78.0 Å². The van der Waals surface area contributed by atoms with Crippen LogP contribution in [0.15, 0.2) is 23.0 Å². The first-order chi connectivity index (χ1) is 6.22. The summed E-state index contributed by atoms with van der Waals surface area (Å²) in [5.41, 5.74) is 1.71. The number of aliphatic hydroxyl groups excluding tert-OH is 3. The summed E-state index contributed by atoms with van der Waals surface area (Å²) in [6.07, 6.45) is 3.41. The summed E-state index contributed by atoms with van der Waals surface area (Å²) in [7, 11) is 0. The fourth-order valence-electron chi connectivity index (χ4n) is 1.58. The van der Waals surface area contributed by atoms with Crippen molar-refractivity contribution in [2.45, 2.75) is 19.8 Å². The maximum Gasteiger partial charge on any atom is 0.103 e. The molecule has 13 heavy (non-hydrogen) atoms. The molecular weight excluding hydrogens is 168 g/mol. The first-order valence-electron chi connectivity index (χ1n) is 4.56. The molecule has 0 bridgehead atoms. The van der Waals surface area contributed by atoms with Crippen LogP contribution in [0, 0.1) is 5.92 Å². The molecule has 0 spiro atoms. The van der Waals surface area contributed by atoms with Gasteiger partial charge in [-0.25, -0.2) is 0 Å². The minimum atomic E-state index is -0.220. The molecule has 0 aliphatic heterocycles. The van der Waals surface area contributed by atoms with E-state index in [2.05, 4.69) is 0 Å². The van der Waals surface area contributed by atoms with Crippen molar-refractivity contribution in [3.8, 4) is 0 Å². The Kier molecular flexibility index (Phi) is 3.51. The lowest BCUT2D eigenvalue weighted by Gasteiger charge is -2.22. The number of aliphatic hydroxyl groups is 3. The summed E-state index contributed by atoms with van der Waals surface area (Å²) in [5.74, 6) is -0.0794. The van der Waals surface area contributed by atoms with E-state index in [1.165, 1.54) is 5.57 Å². The molecule has 0 saturated carbocycles. The lowest BCUT2D eigenvalue weighted by molar-refractivity contribution is 0.194. The molecule has 1 rings (SSSR count). The number of allylic oxidation sites excluding steroid dienone is 1. The molecule has 0 aromatic carbocycles. The van der Waals surface area contributed by atoms with Gasteiger partial charge in [0.05, 0.1) is 13.2 Å². The van der Waals surface area contributed by atoms with Crippen LogP contribution in [-0.2, 0) is 0 Å². The standard InChI is InChI=1S/C10H16O3/c1-2-7-3-8(5-11)10(13)9(4-7)6-12/h3,9,11-13H,2,4-6H2,1H3. The summed E-state index contributed by atoms with van der Waals surface area (Å²) in [5, 5.41) is 27.5. The zero-order chi connectivity index (χ0) is 9.84. The normalized spacial score (nSPS) is 23.3. The molecule has 0 saturated heterocycles. The molecule has 1 atom stereocenters. The molecule has 0 amide bonds. The Morgan fingerprint density at radius 2 is 2.15 bits per heavy atom. The molecule has 1 unspecified atom stereocenters.